The molecule has 0 fully saturated rings. The molecule has 4 nitrogen and oxygen atoms in total. The number of benzene rings is 3. The molecule has 194 valence electrons. The maximum Gasteiger partial charge on any atom is 0.144 e. The van der Waals surface area contributed by atoms with Gasteiger partial charge in [0.2, 0.25) is 0 Å². The van der Waals surface area contributed by atoms with Crippen molar-refractivity contribution in [3.8, 4) is 39.5 Å². The fourth-order valence-corrected chi connectivity index (χ4v) is 5.93. The largest absolute Gasteiger partial charge is 0.507 e. The van der Waals surface area contributed by atoms with E-state index >= 15 is 0 Å². The number of para-hydroxylation sites is 1. The molecular weight excluding hydrogens is 482 g/mol. The van der Waals surface area contributed by atoms with Crippen LogP contribution >= 0.6 is 0 Å². The number of imidazole rings is 1. The molecule has 0 aliphatic carbocycles. The van der Waals surface area contributed by atoms with E-state index in [4.69, 9.17) is 9.97 Å². The zero-order valence-corrected chi connectivity index (χ0v) is 24.7. The second kappa shape index (κ2) is 9.24. The number of aromatic hydroxyl groups is 1. The molecule has 0 saturated heterocycles. The summed E-state index contributed by atoms with van der Waals surface area (Å²) in [4.78, 5) is 9.97. The van der Waals surface area contributed by atoms with E-state index in [0.717, 1.165) is 50.4 Å². The molecule has 1 N–H and O–H groups in total. The van der Waals surface area contributed by atoms with Gasteiger partial charge in [-0.25, -0.2) is 4.98 Å². The SMILES string of the molecule is Cc1ccc(-c2nc3c(-c4cc(-c5ccc([Si](C)(C)C)cn5)cc(C(C)(C)C)c4)cccc3n2C)c(O)c1. The maximum absolute atomic E-state index is 10.7. The summed E-state index contributed by atoms with van der Waals surface area (Å²) >= 11 is 0. The highest BCUT2D eigenvalue weighted by molar-refractivity contribution is 6.88. The van der Waals surface area contributed by atoms with Crippen molar-refractivity contribution in [3.63, 3.8) is 0 Å². The summed E-state index contributed by atoms with van der Waals surface area (Å²) in [6.07, 6.45) is 2.06. The predicted octanol–water partition coefficient (Wildman–Crippen LogP) is 7.83. The molecule has 0 unspecified atom stereocenters. The van der Waals surface area contributed by atoms with Crippen LogP contribution in [0.3, 0.4) is 0 Å². The summed E-state index contributed by atoms with van der Waals surface area (Å²) in [6, 6.07) is 23.3. The molecule has 3 aromatic carbocycles. The quantitative estimate of drug-likeness (QED) is 0.246. The third-order valence-electron chi connectivity index (χ3n) is 7.34. The number of aromatic nitrogens is 3. The van der Waals surface area contributed by atoms with Crippen LogP contribution in [0.15, 0.2) is 72.9 Å². The van der Waals surface area contributed by atoms with Crippen molar-refractivity contribution in [1.29, 1.82) is 0 Å². The van der Waals surface area contributed by atoms with Gasteiger partial charge in [-0.1, -0.05) is 70.7 Å². The van der Waals surface area contributed by atoms with Crippen LogP contribution in [0.5, 0.6) is 5.75 Å². The molecule has 2 heterocycles. The van der Waals surface area contributed by atoms with E-state index in [2.05, 4.69) is 99.7 Å². The lowest BCUT2D eigenvalue weighted by Gasteiger charge is -2.22. The van der Waals surface area contributed by atoms with Crippen molar-refractivity contribution in [1.82, 2.24) is 14.5 Å². The normalized spacial score (nSPS) is 12.3. The Morgan fingerprint density at radius 2 is 1.58 bits per heavy atom. The Bertz CT molecular complexity index is 1650. The Morgan fingerprint density at radius 3 is 2.21 bits per heavy atom. The molecule has 2 aromatic heterocycles. The van der Waals surface area contributed by atoms with Crippen molar-refractivity contribution in [2.24, 2.45) is 7.05 Å². The number of phenolic OH excluding ortho intramolecular Hbond substituents is 1. The lowest BCUT2D eigenvalue weighted by atomic mass is 9.83. The highest BCUT2D eigenvalue weighted by atomic mass is 28.3. The number of aryl methyl sites for hydroxylation is 2. The first-order valence-electron chi connectivity index (χ1n) is 13.2. The van der Waals surface area contributed by atoms with E-state index in [1.54, 1.807) is 6.07 Å². The van der Waals surface area contributed by atoms with Gasteiger partial charge in [-0.15, -0.1) is 0 Å². The van der Waals surface area contributed by atoms with Gasteiger partial charge in [-0.2, -0.15) is 0 Å². The summed E-state index contributed by atoms with van der Waals surface area (Å²) in [5, 5.41) is 12.0. The van der Waals surface area contributed by atoms with Crippen molar-refractivity contribution in [2.45, 2.75) is 52.8 Å². The number of pyridine rings is 1. The van der Waals surface area contributed by atoms with E-state index in [0.29, 0.717) is 0 Å². The third kappa shape index (κ3) is 4.79. The molecule has 38 heavy (non-hydrogen) atoms. The molecule has 0 bridgehead atoms. The monoisotopic (exact) mass is 519 g/mol. The smallest absolute Gasteiger partial charge is 0.144 e. The average Bonchev–Trinajstić information content (AvgIpc) is 3.19. The second-order valence-electron chi connectivity index (χ2n) is 12.4. The molecule has 5 aromatic rings. The molecule has 5 rings (SSSR count). The van der Waals surface area contributed by atoms with Crippen LogP contribution in [0.2, 0.25) is 19.6 Å². The summed E-state index contributed by atoms with van der Waals surface area (Å²) in [5.74, 6) is 0.996. The van der Waals surface area contributed by atoms with Crippen molar-refractivity contribution in [2.75, 3.05) is 0 Å². The Morgan fingerprint density at radius 1 is 0.842 bits per heavy atom. The van der Waals surface area contributed by atoms with Crippen LogP contribution in [-0.4, -0.2) is 27.7 Å². The third-order valence-corrected chi connectivity index (χ3v) is 9.37. The summed E-state index contributed by atoms with van der Waals surface area (Å²) in [7, 11) is 0.587. The Kier molecular flexibility index (Phi) is 6.31. The number of phenols is 1. The van der Waals surface area contributed by atoms with Crippen LogP contribution in [0, 0.1) is 6.92 Å². The van der Waals surface area contributed by atoms with Gasteiger partial charge >= 0.3 is 0 Å². The van der Waals surface area contributed by atoms with Gasteiger partial charge in [0.15, 0.2) is 0 Å². The lowest BCUT2D eigenvalue weighted by molar-refractivity contribution is 0.476. The minimum absolute atomic E-state index is 0.0279. The summed E-state index contributed by atoms with van der Waals surface area (Å²) in [5.41, 5.74) is 9.21. The predicted molar refractivity (Wildman–Crippen MR) is 163 cm³/mol. The minimum atomic E-state index is -1.42. The molecule has 0 radical (unpaired) electrons. The first-order chi connectivity index (χ1) is 17.8. The molecule has 5 heteroatoms. The van der Waals surface area contributed by atoms with Crippen LogP contribution in [0.1, 0.15) is 31.9 Å². The van der Waals surface area contributed by atoms with E-state index in [1.165, 1.54) is 10.8 Å². The van der Waals surface area contributed by atoms with E-state index in [9.17, 15) is 5.11 Å². The van der Waals surface area contributed by atoms with Gasteiger partial charge in [0.05, 0.1) is 30.4 Å². The summed E-state index contributed by atoms with van der Waals surface area (Å²) < 4.78 is 2.06. The van der Waals surface area contributed by atoms with Crippen LogP contribution < -0.4 is 5.19 Å². The first kappa shape index (κ1) is 25.9. The Balaban J connectivity index is 1.70. The van der Waals surface area contributed by atoms with Gasteiger partial charge in [0.25, 0.3) is 0 Å². The van der Waals surface area contributed by atoms with E-state index in [-0.39, 0.29) is 11.2 Å². The fraction of sp³-hybridized carbons (Fsp3) is 0.273. The van der Waals surface area contributed by atoms with Gasteiger partial charge < -0.3 is 9.67 Å². The maximum atomic E-state index is 10.7. The van der Waals surface area contributed by atoms with Gasteiger partial charge in [0.1, 0.15) is 11.6 Å². The van der Waals surface area contributed by atoms with Crippen LogP contribution in [0.25, 0.3) is 44.8 Å². The molecule has 0 amide bonds. The molecule has 0 aliphatic heterocycles. The number of fused-ring (bicyclic) bond motifs is 1. The van der Waals surface area contributed by atoms with Crippen molar-refractivity contribution in [3.05, 3.63) is 84.1 Å². The number of hydrogen-bond donors (Lipinski definition) is 1. The average molecular weight is 520 g/mol. The number of rotatable bonds is 4. The Labute approximate surface area is 227 Å². The first-order valence-corrected chi connectivity index (χ1v) is 16.7. The van der Waals surface area contributed by atoms with Gasteiger partial charge in [-0.3, -0.25) is 4.98 Å². The minimum Gasteiger partial charge on any atom is -0.507 e. The van der Waals surface area contributed by atoms with Crippen LogP contribution in [-0.2, 0) is 12.5 Å². The van der Waals surface area contributed by atoms with Gasteiger partial charge in [0, 0.05) is 24.4 Å². The number of nitrogens with zero attached hydrogens (tertiary/aromatic N) is 3. The highest BCUT2D eigenvalue weighted by Crippen LogP contribution is 2.38. The zero-order valence-electron chi connectivity index (χ0n) is 23.7. The van der Waals surface area contributed by atoms with Crippen LogP contribution in [0.4, 0.5) is 0 Å². The second-order valence-corrected chi connectivity index (χ2v) is 17.5. The zero-order chi connectivity index (χ0) is 27.4. The molecule has 0 saturated carbocycles. The van der Waals surface area contributed by atoms with Crippen molar-refractivity contribution >= 4 is 24.3 Å². The summed E-state index contributed by atoms with van der Waals surface area (Å²) in [6.45, 7) is 15.8. The van der Waals surface area contributed by atoms with Crippen molar-refractivity contribution < 1.29 is 5.11 Å². The van der Waals surface area contributed by atoms with Gasteiger partial charge in [-0.05, 0) is 70.6 Å². The Hall–Kier alpha value is -3.70. The standard InChI is InChI=1S/C33H37N3OSi/c1-21-12-14-27(30(37)16-21)32-35-31-26(10-9-11-29(31)36(32)5)22-17-23(19-24(18-22)33(2,3)4)28-15-13-25(20-34-28)38(6,7)8/h9-20,37H,1-8H3. The van der Waals surface area contributed by atoms with E-state index in [1.807, 2.05) is 26.1 Å². The topological polar surface area (TPSA) is 50.9 Å². The van der Waals surface area contributed by atoms with E-state index < -0.39 is 8.07 Å². The fourth-order valence-electron chi connectivity index (χ4n) is 4.89. The lowest BCUT2D eigenvalue weighted by Crippen LogP contribution is -2.37. The highest BCUT2D eigenvalue weighted by Gasteiger charge is 2.21. The molecule has 0 atom stereocenters. The molecule has 0 spiro atoms. The number of hydrogen-bond acceptors (Lipinski definition) is 3. The molecule has 0 aliphatic rings. The molecular formula is C33H37N3OSi.